The first-order valence-electron chi connectivity index (χ1n) is 13.1. The Balaban J connectivity index is 1.70. The Morgan fingerprint density at radius 2 is 1.68 bits per heavy atom. The molecule has 0 spiro atoms. The summed E-state index contributed by atoms with van der Waals surface area (Å²) in [5, 5.41) is 3.13. The molecular formula is C28H38FN3O4S. The van der Waals surface area contributed by atoms with Crippen molar-refractivity contribution >= 4 is 27.5 Å². The van der Waals surface area contributed by atoms with E-state index in [9.17, 15) is 22.4 Å². The highest BCUT2D eigenvalue weighted by Gasteiger charge is 2.30. The number of carbonyl (C=O) groups is 2. The van der Waals surface area contributed by atoms with Gasteiger partial charge in [-0.25, -0.2) is 12.8 Å². The largest absolute Gasteiger partial charge is 0.352 e. The van der Waals surface area contributed by atoms with Crippen molar-refractivity contribution in [3.8, 4) is 0 Å². The maximum absolute atomic E-state index is 13.4. The molecule has 1 saturated carbocycles. The maximum atomic E-state index is 13.4. The molecular weight excluding hydrogens is 493 g/mol. The molecule has 0 aliphatic heterocycles. The van der Waals surface area contributed by atoms with Gasteiger partial charge in [-0.05, 0) is 61.9 Å². The molecule has 1 aliphatic carbocycles. The summed E-state index contributed by atoms with van der Waals surface area (Å²) in [6, 6.07) is 14.6. The third-order valence-corrected chi connectivity index (χ3v) is 8.03. The van der Waals surface area contributed by atoms with Gasteiger partial charge in [0.15, 0.2) is 0 Å². The number of nitrogens with zero attached hydrogens (tertiary/aromatic N) is 2. The smallest absolute Gasteiger partial charge is 0.243 e. The van der Waals surface area contributed by atoms with Crippen LogP contribution in [-0.2, 0) is 26.0 Å². The monoisotopic (exact) mass is 531 g/mol. The number of benzene rings is 2. The molecule has 7 nitrogen and oxygen atoms in total. The molecule has 37 heavy (non-hydrogen) atoms. The van der Waals surface area contributed by atoms with Gasteiger partial charge in [-0.1, -0.05) is 50.1 Å². The molecule has 1 atom stereocenters. The van der Waals surface area contributed by atoms with E-state index in [2.05, 4.69) is 5.32 Å². The minimum Gasteiger partial charge on any atom is -0.352 e. The summed E-state index contributed by atoms with van der Waals surface area (Å²) >= 11 is 0. The first-order chi connectivity index (χ1) is 17.7. The molecule has 0 aromatic heterocycles. The van der Waals surface area contributed by atoms with Crippen molar-refractivity contribution in [3.05, 3.63) is 66.0 Å². The Bertz CT molecular complexity index is 1120. The summed E-state index contributed by atoms with van der Waals surface area (Å²) in [4.78, 5) is 28.3. The van der Waals surface area contributed by atoms with Gasteiger partial charge in [0, 0.05) is 25.6 Å². The zero-order chi connectivity index (χ0) is 26.8. The van der Waals surface area contributed by atoms with Crippen LogP contribution in [0.15, 0.2) is 54.6 Å². The van der Waals surface area contributed by atoms with Crippen LogP contribution in [0, 0.1) is 5.82 Å². The summed E-state index contributed by atoms with van der Waals surface area (Å²) < 4.78 is 39.3. The fraction of sp³-hybridized carbons (Fsp3) is 0.500. The summed E-state index contributed by atoms with van der Waals surface area (Å²) in [5.74, 6) is -0.764. The molecule has 2 aromatic carbocycles. The average molecular weight is 532 g/mol. The number of sulfonamides is 1. The molecule has 2 aromatic rings. The summed E-state index contributed by atoms with van der Waals surface area (Å²) in [6.45, 7) is 2.38. The van der Waals surface area contributed by atoms with E-state index in [1.54, 1.807) is 4.90 Å². The predicted octanol–water partition coefficient (Wildman–Crippen LogP) is 4.28. The zero-order valence-electron chi connectivity index (χ0n) is 21.7. The molecule has 202 valence electrons. The molecule has 0 saturated heterocycles. The Morgan fingerprint density at radius 3 is 2.27 bits per heavy atom. The Labute approximate surface area is 220 Å². The second-order valence-electron chi connectivity index (χ2n) is 9.65. The number of rotatable bonds is 13. The number of carbonyl (C=O) groups excluding carboxylic acids is 2. The van der Waals surface area contributed by atoms with E-state index in [4.69, 9.17) is 0 Å². The van der Waals surface area contributed by atoms with Crippen LogP contribution in [0.2, 0.25) is 0 Å². The summed E-state index contributed by atoms with van der Waals surface area (Å²) in [7, 11) is -3.62. The van der Waals surface area contributed by atoms with Crippen molar-refractivity contribution in [1.29, 1.82) is 0 Å². The molecule has 1 aliphatic rings. The van der Waals surface area contributed by atoms with Gasteiger partial charge < -0.3 is 10.2 Å². The van der Waals surface area contributed by atoms with Gasteiger partial charge in [-0.3, -0.25) is 13.9 Å². The molecule has 0 radical (unpaired) electrons. The molecule has 0 heterocycles. The van der Waals surface area contributed by atoms with Crippen molar-refractivity contribution in [2.75, 3.05) is 23.7 Å². The fourth-order valence-corrected chi connectivity index (χ4v) is 5.84. The topological polar surface area (TPSA) is 86.8 Å². The molecule has 3 rings (SSSR count). The summed E-state index contributed by atoms with van der Waals surface area (Å²) in [5.41, 5.74) is 1.42. The minimum absolute atomic E-state index is 0.0772. The molecule has 0 bridgehead atoms. The van der Waals surface area contributed by atoms with Crippen molar-refractivity contribution < 1.29 is 22.4 Å². The van der Waals surface area contributed by atoms with E-state index in [1.807, 2.05) is 37.3 Å². The number of nitrogens with one attached hydrogen (secondary N) is 1. The number of anilines is 1. The van der Waals surface area contributed by atoms with Gasteiger partial charge in [0.1, 0.15) is 11.9 Å². The minimum atomic E-state index is -3.62. The second kappa shape index (κ2) is 13.6. The van der Waals surface area contributed by atoms with Crippen LogP contribution in [-0.4, -0.2) is 56.6 Å². The highest BCUT2D eigenvalue weighted by molar-refractivity contribution is 7.92. The lowest BCUT2D eigenvalue weighted by molar-refractivity contribution is -0.141. The van der Waals surface area contributed by atoms with Crippen LogP contribution in [0.5, 0.6) is 0 Å². The Morgan fingerprint density at radius 1 is 1.03 bits per heavy atom. The van der Waals surface area contributed by atoms with Crippen molar-refractivity contribution in [3.63, 3.8) is 0 Å². The third kappa shape index (κ3) is 8.55. The van der Waals surface area contributed by atoms with E-state index in [0.29, 0.717) is 25.1 Å². The van der Waals surface area contributed by atoms with Crippen molar-refractivity contribution in [2.24, 2.45) is 0 Å². The van der Waals surface area contributed by atoms with Crippen molar-refractivity contribution in [1.82, 2.24) is 10.2 Å². The lowest BCUT2D eigenvalue weighted by atomic mass is 10.1. The number of hydrogen-bond donors (Lipinski definition) is 1. The van der Waals surface area contributed by atoms with E-state index in [0.717, 1.165) is 37.5 Å². The molecule has 9 heteroatoms. The molecule has 2 amide bonds. The van der Waals surface area contributed by atoms with Gasteiger partial charge >= 0.3 is 0 Å². The van der Waals surface area contributed by atoms with E-state index >= 15 is 0 Å². The van der Waals surface area contributed by atoms with Crippen LogP contribution in [0.3, 0.4) is 0 Å². The van der Waals surface area contributed by atoms with Gasteiger partial charge in [-0.2, -0.15) is 0 Å². The first-order valence-corrected chi connectivity index (χ1v) is 14.9. The third-order valence-electron chi connectivity index (χ3n) is 6.84. The molecule has 1 fully saturated rings. The summed E-state index contributed by atoms with van der Waals surface area (Å²) in [6.07, 6.45) is 6.68. The molecule has 0 unspecified atom stereocenters. The number of amides is 2. The average Bonchev–Trinajstić information content (AvgIpc) is 3.38. The van der Waals surface area contributed by atoms with Gasteiger partial charge in [-0.15, -0.1) is 0 Å². The first kappa shape index (κ1) is 28.6. The standard InChI is InChI=1S/C28H38FN3O4S/c1-3-26(28(34)30-24-12-7-8-13-24)31(21-19-22-10-5-4-6-11-22)27(33)14-9-20-32(37(2,35)36)25-17-15-23(29)16-18-25/h4-6,10-11,15-18,24,26H,3,7-9,12-14,19-21H2,1-2H3,(H,30,34)/t26-/m0/s1. The van der Waals surface area contributed by atoms with Crippen LogP contribution in [0.1, 0.15) is 57.4 Å². The fourth-order valence-electron chi connectivity index (χ4n) is 4.87. The van der Waals surface area contributed by atoms with Crippen LogP contribution in [0.4, 0.5) is 10.1 Å². The van der Waals surface area contributed by atoms with Crippen LogP contribution in [0.25, 0.3) is 0 Å². The SMILES string of the molecule is CC[C@@H](C(=O)NC1CCCC1)N(CCc1ccccc1)C(=O)CCCN(c1ccc(F)cc1)S(C)(=O)=O. The number of hydrogen-bond acceptors (Lipinski definition) is 4. The van der Waals surface area contributed by atoms with E-state index < -0.39 is 21.9 Å². The van der Waals surface area contributed by atoms with Gasteiger partial charge in [0.25, 0.3) is 0 Å². The van der Waals surface area contributed by atoms with Gasteiger partial charge in [0.05, 0.1) is 11.9 Å². The lowest BCUT2D eigenvalue weighted by Crippen LogP contribution is -2.52. The normalized spacial score (nSPS) is 14.8. The highest BCUT2D eigenvalue weighted by Crippen LogP contribution is 2.21. The second-order valence-corrected chi connectivity index (χ2v) is 11.6. The maximum Gasteiger partial charge on any atom is 0.243 e. The van der Waals surface area contributed by atoms with Crippen molar-refractivity contribution in [2.45, 2.75) is 70.4 Å². The lowest BCUT2D eigenvalue weighted by Gasteiger charge is -2.32. The number of halogens is 1. The Kier molecular flexibility index (Phi) is 10.5. The molecule has 1 N–H and O–H groups in total. The predicted molar refractivity (Wildman–Crippen MR) is 144 cm³/mol. The van der Waals surface area contributed by atoms with E-state index in [1.165, 1.54) is 28.6 Å². The van der Waals surface area contributed by atoms with Crippen LogP contribution >= 0.6 is 0 Å². The van der Waals surface area contributed by atoms with Gasteiger partial charge in [0.2, 0.25) is 21.8 Å². The zero-order valence-corrected chi connectivity index (χ0v) is 22.6. The highest BCUT2D eigenvalue weighted by atomic mass is 32.2. The Hall–Kier alpha value is -2.94. The van der Waals surface area contributed by atoms with E-state index in [-0.39, 0.29) is 37.2 Å². The van der Waals surface area contributed by atoms with Crippen LogP contribution < -0.4 is 9.62 Å². The quantitative estimate of drug-likeness (QED) is 0.418.